The number of rotatable bonds is 3. The van der Waals surface area contributed by atoms with Gasteiger partial charge in [0.1, 0.15) is 0 Å². The summed E-state index contributed by atoms with van der Waals surface area (Å²) in [5.41, 5.74) is 3.35. The van der Waals surface area contributed by atoms with E-state index in [9.17, 15) is 14.4 Å². The number of benzene rings is 1. The fraction of sp³-hybridized carbons (Fsp3) is 0.333. The number of ketones is 1. The maximum absolute atomic E-state index is 13.3. The molecule has 4 rings (SSSR count). The Morgan fingerprint density at radius 1 is 1.07 bits per heavy atom. The Hall–Kier alpha value is -3.42. The molecule has 0 aliphatic rings. The average molecular weight is 393 g/mol. The smallest absolute Gasteiger partial charge is 0.298 e. The minimum Gasteiger partial charge on any atom is -0.298 e. The molecular weight excluding hydrogens is 370 g/mol. The van der Waals surface area contributed by atoms with E-state index in [1.807, 2.05) is 49.6 Å². The minimum absolute atomic E-state index is 0.255. The molecule has 0 N–H and O–H groups in total. The first-order valence-corrected chi connectivity index (χ1v) is 9.44. The first kappa shape index (κ1) is 18.9. The molecule has 1 unspecified atom stereocenters. The fourth-order valence-electron chi connectivity index (χ4n) is 3.84. The zero-order valence-electron chi connectivity index (χ0n) is 17.3. The van der Waals surface area contributed by atoms with Crippen molar-refractivity contribution in [3.63, 3.8) is 0 Å². The molecular formula is C21H23N5O3. The van der Waals surface area contributed by atoms with E-state index in [4.69, 9.17) is 0 Å². The van der Waals surface area contributed by atoms with Crippen molar-refractivity contribution < 1.29 is 4.79 Å². The van der Waals surface area contributed by atoms with Gasteiger partial charge in [-0.2, -0.15) is 4.98 Å². The maximum atomic E-state index is 13.3. The van der Waals surface area contributed by atoms with Crippen molar-refractivity contribution in [2.24, 2.45) is 7.05 Å². The number of hydrogen-bond donors (Lipinski definition) is 0. The number of Topliss-reactive ketones (excluding diaryl/α,β-unsaturated/α-hetero) is 1. The number of carbonyl (C=O) groups excluding carboxylic acids is 1. The highest BCUT2D eigenvalue weighted by atomic mass is 16.2. The summed E-state index contributed by atoms with van der Waals surface area (Å²) in [4.78, 5) is 42.7. The third kappa shape index (κ3) is 2.45. The van der Waals surface area contributed by atoms with Gasteiger partial charge in [-0.1, -0.05) is 18.2 Å². The van der Waals surface area contributed by atoms with Crippen molar-refractivity contribution >= 4 is 22.7 Å². The molecule has 0 saturated heterocycles. The van der Waals surface area contributed by atoms with Crippen LogP contribution in [0, 0.1) is 20.8 Å². The second-order valence-electron chi connectivity index (χ2n) is 7.52. The predicted octanol–water partition coefficient (Wildman–Crippen LogP) is 2.21. The molecule has 0 saturated carbocycles. The van der Waals surface area contributed by atoms with Gasteiger partial charge in [0.05, 0.1) is 11.7 Å². The molecule has 0 aliphatic heterocycles. The third-order valence-electron chi connectivity index (χ3n) is 5.80. The van der Waals surface area contributed by atoms with Crippen LogP contribution in [0.2, 0.25) is 0 Å². The topological polar surface area (TPSA) is 83.3 Å². The number of para-hydroxylation sites is 1. The molecule has 150 valence electrons. The number of aryl methyl sites for hydroxylation is 3. The Balaban J connectivity index is 2.23. The van der Waals surface area contributed by atoms with Gasteiger partial charge >= 0.3 is 5.69 Å². The molecule has 3 heterocycles. The van der Waals surface area contributed by atoms with E-state index in [1.165, 1.54) is 11.5 Å². The normalized spacial score (nSPS) is 12.8. The van der Waals surface area contributed by atoms with Gasteiger partial charge in [-0.15, -0.1) is 0 Å². The van der Waals surface area contributed by atoms with Crippen LogP contribution < -0.4 is 11.2 Å². The number of carbonyl (C=O) groups is 1. The monoisotopic (exact) mass is 393 g/mol. The fourth-order valence-corrected chi connectivity index (χ4v) is 3.84. The van der Waals surface area contributed by atoms with Crippen molar-refractivity contribution in [2.75, 3.05) is 0 Å². The van der Waals surface area contributed by atoms with E-state index in [0.29, 0.717) is 16.9 Å². The largest absolute Gasteiger partial charge is 0.333 e. The van der Waals surface area contributed by atoms with Crippen LogP contribution in [-0.4, -0.2) is 28.9 Å². The zero-order valence-corrected chi connectivity index (χ0v) is 17.3. The van der Waals surface area contributed by atoms with Gasteiger partial charge in [-0.05, 0) is 46.2 Å². The predicted molar refractivity (Wildman–Crippen MR) is 111 cm³/mol. The van der Waals surface area contributed by atoms with Crippen molar-refractivity contribution in [1.29, 1.82) is 0 Å². The van der Waals surface area contributed by atoms with Crippen molar-refractivity contribution in [3.05, 3.63) is 62.1 Å². The Bertz CT molecular complexity index is 1430. The van der Waals surface area contributed by atoms with Crippen LogP contribution in [0.15, 0.2) is 33.9 Å². The zero-order chi connectivity index (χ0) is 21.2. The third-order valence-corrected chi connectivity index (χ3v) is 5.80. The van der Waals surface area contributed by atoms with Gasteiger partial charge in [0.25, 0.3) is 5.56 Å². The second kappa shape index (κ2) is 6.30. The summed E-state index contributed by atoms with van der Waals surface area (Å²) in [5, 5.41) is 0. The summed E-state index contributed by atoms with van der Waals surface area (Å²) < 4.78 is 6.12. The highest BCUT2D eigenvalue weighted by Gasteiger charge is 2.26. The lowest BCUT2D eigenvalue weighted by Crippen LogP contribution is -2.42. The molecule has 4 aromatic rings. The number of nitrogens with zero attached hydrogens (tertiary/aromatic N) is 5. The summed E-state index contributed by atoms with van der Waals surface area (Å²) >= 11 is 0. The van der Waals surface area contributed by atoms with Crippen molar-refractivity contribution in [1.82, 2.24) is 23.1 Å². The number of fused-ring (bicyclic) bond motifs is 3. The van der Waals surface area contributed by atoms with E-state index < -0.39 is 17.3 Å². The maximum Gasteiger partial charge on any atom is 0.333 e. The Morgan fingerprint density at radius 2 is 1.72 bits per heavy atom. The van der Waals surface area contributed by atoms with E-state index in [1.54, 1.807) is 18.4 Å². The molecule has 29 heavy (non-hydrogen) atoms. The van der Waals surface area contributed by atoms with Crippen molar-refractivity contribution in [2.45, 2.75) is 40.7 Å². The van der Waals surface area contributed by atoms with E-state index in [0.717, 1.165) is 27.2 Å². The van der Waals surface area contributed by atoms with Gasteiger partial charge < -0.3 is 0 Å². The van der Waals surface area contributed by atoms with Gasteiger partial charge in [-0.3, -0.25) is 23.1 Å². The summed E-state index contributed by atoms with van der Waals surface area (Å²) in [6.07, 6.45) is 0. The molecule has 0 bridgehead atoms. The molecule has 8 heteroatoms. The minimum atomic E-state index is -0.851. The van der Waals surface area contributed by atoms with Crippen LogP contribution in [0.1, 0.15) is 36.8 Å². The summed E-state index contributed by atoms with van der Waals surface area (Å²) in [6, 6.07) is 7.08. The Labute approximate surface area is 166 Å². The van der Waals surface area contributed by atoms with Crippen LogP contribution in [-0.2, 0) is 11.8 Å². The van der Waals surface area contributed by atoms with E-state index in [2.05, 4.69) is 4.98 Å². The van der Waals surface area contributed by atoms with Crippen molar-refractivity contribution in [3.8, 4) is 5.69 Å². The SMILES string of the molecule is CC(=O)C(C)n1c(=O)c2c(nc3n(-c4ccccc4C)c(C)c(C)n23)n(C)c1=O. The van der Waals surface area contributed by atoms with E-state index >= 15 is 0 Å². The van der Waals surface area contributed by atoms with Crippen LogP contribution in [0.3, 0.4) is 0 Å². The lowest BCUT2D eigenvalue weighted by Gasteiger charge is -2.13. The molecule has 8 nitrogen and oxygen atoms in total. The van der Waals surface area contributed by atoms with Crippen LogP contribution in [0.5, 0.6) is 0 Å². The lowest BCUT2D eigenvalue weighted by molar-refractivity contribution is -0.119. The van der Waals surface area contributed by atoms with Gasteiger partial charge in [0.15, 0.2) is 16.9 Å². The first-order chi connectivity index (χ1) is 13.7. The molecule has 0 amide bonds. The van der Waals surface area contributed by atoms with Crippen LogP contribution >= 0.6 is 0 Å². The standard InChI is InChI=1S/C21H23N5O3/c1-11-9-7-8-10-16(11)24-12(2)13(3)25-17-18(22-20(24)25)23(6)21(29)26(19(17)28)14(4)15(5)27/h7-10,14H,1-6H3. The molecule has 0 spiro atoms. The highest BCUT2D eigenvalue weighted by Crippen LogP contribution is 2.26. The number of aromatic nitrogens is 5. The summed E-state index contributed by atoms with van der Waals surface area (Å²) in [7, 11) is 1.57. The average Bonchev–Trinajstić information content (AvgIpc) is 3.17. The van der Waals surface area contributed by atoms with Gasteiger partial charge in [0.2, 0.25) is 5.78 Å². The number of imidazole rings is 2. The van der Waals surface area contributed by atoms with E-state index in [-0.39, 0.29) is 5.78 Å². The second-order valence-corrected chi connectivity index (χ2v) is 7.52. The Morgan fingerprint density at radius 3 is 2.34 bits per heavy atom. The number of hydrogen-bond acceptors (Lipinski definition) is 4. The molecule has 0 radical (unpaired) electrons. The van der Waals surface area contributed by atoms with Crippen LogP contribution in [0.25, 0.3) is 22.6 Å². The molecule has 1 aromatic carbocycles. The molecule has 1 atom stereocenters. The first-order valence-electron chi connectivity index (χ1n) is 9.44. The Kier molecular flexibility index (Phi) is 4.11. The summed E-state index contributed by atoms with van der Waals surface area (Å²) in [6.45, 7) is 8.84. The quantitative estimate of drug-likeness (QED) is 0.534. The van der Waals surface area contributed by atoms with Crippen LogP contribution in [0.4, 0.5) is 0 Å². The molecule has 3 aromatic heterocycles. The summed E-state index contributed by atoms with van der Waals surface area (Å²) in [5.74, 6) is 0.305. The van der Waals surface area contributed by atoms with Gasteiger partial charge in [-0.25, -0.2) is 9.36 Å². The van der Waals surface area contributed by atoms with Gasteiger partial charge in [0, 0.05) is 18.4 Å². The molecule has 0 aliphatic carbocycles. The molecule has 0 fully saturated rings. The highest BCUT2D eigenvalue weighted by molar-refractivity contribution is 5.81. The lowest BCUT2D eigenvalue weighted by atomic mass is 10.2.